The van der Waals surface area contributed by atoms with Gasteiger partial charge in [-0.3, -0.25) is 4.90 Å². The number of carbonyl (C=O) groups excluding carboxylic acids is 2. The zero-order chi connectivity index (χ0) is 19.8. The molecule has 0 heterocycles. The minimum absolute atomic E-state index is 0.0493. The molecule has 0 saturated heterocycles. The quantitative estimate of drug-likeness (QED) is 0.402. The van der Waals surface area contributed by atoms with Gasteiger partial charge in [-0.2, -0.15) is 0 Å². The third kappa shape index (κ3) is 12.8. The lowest BCUT2D eigenvalue weighted by Crippen LogP contribution is -2.47. The summed E-state index contributed by atoms with van der Waals surface area (Å²) in [6.45, 7) is 10.9. The Morgan fingerprint density at radius 3 is 1.69 bits per heavy atom. The Labute approximate surface area is 158 Å². The number of unbranched alkanes of at least 4 members (excludes halogenated alkanes) is 2. The Hall–Kier alpha value is -1.54. The molecule has 0 saturated carbocycles. The fraction of sp³-hybridized carbons (Fsp3) is 0.889. The average Bonchev–Trinajstić information content (AvgIpc) is 2.60. The molecule has 0 radical (unpaired) electrons. The van der Waals surface area contributed by atoms with E-state index in [9.17, 15) is 9.59 Å². The van der Waals surface area contributed by atoms with Crippen LogP contribution in [0.15, 0.2) is 0 Å². The molecule has 0 aromatic rings. The number of amides is 2. The van der Waals surface area contributed by atoms with Crippen LogP contribution in [0.4, 0.5) is 9.59 Å². The molecule has 0 aliphatic heterocycles. The molecule has 154 valence electrons. The van der Waals surface area contributed by atoms with Crippen LogP contribution in [0.5, 0.6) is 0 Å². The van der Waals surface area contributed by atoms with Gasteiger partial charge in [0.05, 0.1) is 0 Å². The van der Waals surface area contributed by atoms with Crippen LogP contribution < -0.4 is 16.4 Å². The second-order valence-corrected chi connectivity index (χ2v) is 6.47. The number of hydrogen-bond donors (Lipinski definition) is 3. The smallest absolute Gasteiger partial charge is 0.407 e. The fourth-order valence-corrected chi connectivity index (χ4v) is 2.20. The Bertz CT molecular complexity index is 352. The molecule has 26 heavy (non-hydrogen) atoms. The van der Waals surface area contributed by atoms with E-state index < -0.39 is 12.2 Å². The predicted octanol–water partition coefficient (Wildman–Crippen LogP) is 2.08. The molecule has 8 heteroatoms. The average molecular weight is 375 g/mol. The maximum atomic E-state index is 11.6. The number of rotatable bonds is 14. The van der Waals surface area contributed by atoms with Gasteiger partial charge in [0.15, 0.2) is 0 Å². The Morgan fingerprint density at radius 2 is 1.35 bits per heavy atom. The van der Waals surface area contributed by atoms with Gasteiger partial charge in [-0.15, -0.1) is 0 Å². The van der Waals surface area contributed by atoms with Crippen molar-refractivity contribution in [3.05, 3.63) is 0 Å². The summed E-state index contributed by atoms with van der Waals surface area (Å²) in [5.74, 6) is 0. The van der Waals surface area contributed by atoms with Gasteiger partial charge in [0.1, 0.15) is 13.2 Å². The summed E-state index contributed by atoms with van der Waals surface area (Å²) in [7, 11) is 0. The van der Waals surface area contributed by atoms with Gasteiger partial charge in [-0.05, 0) is 26.7 Å². The van der Waals surface area contributed by atoms with E-state index in [-0.39, 0.29) is 25.3 Å². The first kappa shape index (κ1) is 24.5. The first-order valence-electron chi connectivity index (χ1n) is 9.73. The molecule has 4 N–H and O–H groups in total. The highest BCUT2D eigenvalue weighted by molar-refractivity contribution is 5.67. The van der Waals surface area contributed by atoms with Gasteiger partial charge in [0.25, 0.3) is 0 Å². The van der Waals surface area contributed by atoms with E-state index in [2.05, 4.69) is 29.4 Å². The van der Waals surface area contributed by atoms with Gasteiger partial charge in [0, 0.05) is 38.3 Å². The summed E-state index contributed by atoms with van der Waals surface area (Å²) in [4.78, 5) is 25.2. The van der Waals surface area contributed by atoms with Gasteiger partial charge in [-0.25, -0.2) is 9.59 Å². The molecule has 0 spiro atoms. The van der Waals surface area contributed by atoms with Crippen molar-refractivity contribution in [1.29, 1.82) is 0 Å². The minimum atomic E-state index is -0.404. The van der Waals surface area contributed by atoms with Crippen molar-refractivity contribution in [3.63, 3.8) is 0 Å². The first-order valence-corrected chi connectivity index (χ1v) is 9.73. The van der Waals surface area contributed by atoms with Gasteiger partial charge in [-0.1, -0.05) is 26.7 Å². The molecular formula is C18H38N4O4. The largest absolute Gasteiger partial charge is 0.448 e. The molecule has 0 bridgehead atoms. The van der Waals surface area contributed by atoms with Gasteiger partial charge >= 0.3 is 12.2 Å². The summed E-state index contributed by atoms with van der Waals surface area (Å²) in [5, 5.41) is 5.42. The molecule has 0 rings (SSSR count). The lowest BCUT2D eigenvalue weighted by atomic mass is 10.1. The predicted molar refractivity (Wildman–Crippen MR) is 103 cm³/mol. The van der Waals surface area contributed by atoms with E-state index in [4.69, 9.17) is 15.2 Å². The van der Waals surface area contributed by atoms with Crippen LogP contribution in [0.3, 0.4) is 0 Å². The van der Waals surface area contributed by atoms with Crippen LogP contribution in [0, 0.1) is 0 Å². The molecule has 0 aromatic carbocycles. The standard InChI is InChI=1S/C18H38N4O4/c1-5-7-9-20-17(23)25-13-11-22(16(4)15(3)19)12-14-26-18(24)21-10-8-6-2/h15-16H,5-14,19H2,1-4H3,(H,20,23)(H,21,24). The number of nitrogens with two attached hydrogens (primary N) is 1. The highest BCUT2D eigenvalue weighted by atomic mass is 16.6. The first-order chi connectivity index (χ1) is 12.4. The van der Waals surface area contributed by atoms with Gasteiger partial charge < -0.3 is 25.8 Å². The third-order valence-electron chi connectivity index (χ3n) is 4.16. The van der Waals surface area contributed by atoms with Crippen LogP contribution in [0.2, 0.25) is 0 Å². The van der Waals surface area contributed by atoms with E-state index >= 15 is 0 Å². The number of carbonyl (C=O) groups is 2. The maximum Gasteiger partial charge on any atom is 0.407 e. The van der Waals surface area contributed by atoms with Crippen LogP contribution in [-0.4, -0.2) is 68.6 Å². The Kier molecular flexibility index (Phi) is 14.8. The van der Waals surface area contributed by atoms with Crippen molar-refractivity contribution in [3.8, 4) is 0 Å². The van der Waals surface area contributed by atoms with Crippen molar-refractivity contribution in [2.24, 2.45) is 5.73 Å². The number of nitrogens with one attached hydrogen (secondary N) is 2. The summed E-state index contributed by atoms with van der Waals surface area (Å²) in [6.07, 6.45) is 3.09. The van der Waals surface area contributed by atoms with E-state index in [1.807, 2.05) is 13.8 Å². The highest BCUT2D eigenvalue weighted by Crippen LogP contribution is 2.03. The van der Waals surface area contributed by atoms with E-state index in [0.29, 0.717) is 26.2 Å². The van der Waals surface area contributed by atoms with Crippen molar-refractivity contribution in [2.75, 3.05) is 39.4 Å². The normalized spacial score (nSPS) is 13.2. The van der Waals surface area contributed by atoms with Gasteiger partial charge in [0.2, 0.25) is 0 Å². The molecule has 0 fully saturated rings. The molecule has 2 unspecified atom stereocenters. The van der Waals surface area contributed by atoms with Crippen LogP contribution >= 0.6 is 0 Å². The lowest BCUT2D eigenvalue weighted by Gasteiger charge is -2.31. The van der Waals surface area contributed by atoms with E-state index in [1.54, 1.807) is 0 Å². The Morgan fingerprint density at radius 1 is 0.923 bits per heavy atom. The number of ether oxygens (including phenoxy) is 2. The number of alkyl carbamates (subject to hydrolysis) is 2. The lowest BCUT2D eigenvalue weighted by molar-refractivity contribution is 0.0863. The maximum absolute atomic E-state index is 11.6. The Balaban J connectivity index is 4.16. The van der Waals surface area contributed by atoms with E-state index in [1.165, 1.54) is 0 Å². The number of nitrogens with zero attached hydrogens (tertiary/aromatic N) is 1. The summed E-state index contributed by atoms with van der Waals surface area (Å²) >= 11 is 0. The minimum Gasteiger partial charge on any atom is -0.448 e. The fourth-order valence-electron chi connectivity index (χ4n) is 2.20. The summed E-state index contributed by atoms with van der Waals surface area (Å²) < 4.78 is 10.4. The second-order valence-electron chi connectivity index (χ2n) is 6.47. The topological polar surface area (TPSA) is 106 Å². The molecule has 8 nitrogen and oxygen atoms in total. The zero-order valence-corrected chi connectivity index (χ0v) is 16.9. The third-order valence-corrected chi connectivity index (χ3v) is 4.16. The zero-order valence-electron chi connectivity index (χ0n) is 16.9. The molecule has 0 aliphatic rings. The van der Waals surface area contributed by atoms with Crippen molar-refractivity contribution in [2.45, 2.75) is 65.5 Å². The monoisotopic (exact) mass is 374 g/mol. The molecule has 0 aliphatic carbocycles. The van der Waals surface area contributed by atoms with Crippen LogP contribution in [0.1, 0.15) is 53.4 Å². The second kappa shape index (κ2) is 15.7. The van der Waals surface area contributed by atoms with E-state index in [0.717, 1.165) is 25.7 Å². The van der Waals surface area contributed by atoms with Crippen LogP contribution in [0.25, 0.3) is 0 Å². The van der Waals surface area contributed by atoms with Crippen molar-refractivity contribution in [1.82, 2.24) is 15.5 Å². The molecule has 0 aromatic heterocycles. The highest BCUT2D eigenvalue weighted by Gasteiger charge is 2.18. The molecule has 2 atom stereocenters. The summed E-state index contributed by atoms with van der Waals surface area (Å²) in [6, 6.07) is 0.0280. The molecule has 2 amide bonds. The molecular weight excluding hydrogens is 336 g/mol. The van der Waals surface area contributed by atoms with Crippen molar-refractivity contribution < 1.29 is 19.1 Å². The number of hydrogen-bond acceptors (Lipinski definition) is 6. The summed E-state index contributed by atoms with van der Waals surface area (Å²) in [5.41, 5.74) is 5.98. The van der Waals surface area contributed by atoms with Crippen molar-refractivity contribution >= 4 is 12.2 Å². The van der Waals surface area contributed by atoms with Crippen LogP contribution in [-0.2, 0) is 9.47 Å². The SMILES string of the molecule is CCCCNC(=O)OCCN(CCOC(=O)NCCCC)C(C)C(C)N.